The Morgan fingerprint density at radius 3 is 2.59 bits per heavy atom. The molecule has 2 aromatic carbocycles. The van der Waals surface area contributed by atoms with Gasteiger partial charge >= 0.3 is 0 Å². The lowest BCUT2D eigenvalue weighted by molar-refractivity contribution is 0.240. The summed E-state index contributed by atoms with van der Waals surface area (Å²) in [4.78, 5) is 11.9. The molecule has 3 aromatic rings. The van der Waals surface area contributed by atoms with E-state index in [1.807, 2.05) is 12.1 Å². The average Bonchev–Trinajstić information content (AvgIpc) is 2.68. The highest BCUT2D eigenvalue weighted by atomic mass is 16.3. The van der Waals surface area contributed by atoms with Crippen molar-refractivity contribution in [2.75, 3.05) is 24.6 Å². The number of aliphatic hydroxyl groups is 1. The Morgan fingerprint density at radius 1 is 1.07 bits per heavy atom. The van der Waals surface area contributed by atoms with Gasteiger partial charge in [-0.25, -0.2) is 9.97 Å². The zero-order valence-corrected chi connectivity index (χ0v) is 15.6. The van der Waals surface area contributed by atoms with Gasteiger partial charge in [-0.2, -0.15) is 0 Å². The largest absolute Gasteiger partial charge is 0.507 e. The van der Waals surface area contributed by atoms with E-state index < -0.39 is 0 Å². The van der Waals surface area contributed by atoms with Crippen molar-refractivity contribution in [3.05, 3.63) is 48.0 Å². The van der Waals surface area contributed by atoms with Gasteiger partial charge in [0.05, 0.1) is 11.1 Å². The quantitative estimate of drug-likeness (QED) is 0.735. The van der Waals surface area contributed by atoms with Gasteiger partial charge in [-0.1, -0.05) is 18.2 Å². The molecule has 0 aliphatic carbocycles. The molecule has 0 bridgehead atoms. The second-order valence-corrected chi connectivity index (χ2v) is 7.35. The maximum absolute atomic E-state index is 10.3. The fraction of sp³-hybridized carbons (Fsp3) is 0.364. The van der Waals surface area contributed by atoms with Crippen molar-refractivity contribution in [3.8, 4) is 17.1 Å². The summed E-state index contributed by atoms with van der Waals surface area (Å²) in [6.45, 7) is 4.16. The standard InChI is InChI=1S/C22H25N3O2/c1-15-6-7-17-19(14-15)23-21(18-4-2-3-5-20(18)27)24-22(17)25-11-8-16(9-12-25)10-13-26/h2-7,14,16,26-27H,8-13H2,1H3. The molecule has 0 unspecified atom stereocenters. The summed E-state index contributed by atoms with van der Waals surface area (Å²) < 4.78 is 0. The van der Waals surface area contributed by atoms with Crippen LogP contribution in [0.1, 0.15) is 24.8 Å². The molecule has 2 N–H and O–H groups in total. The van der Waals surface area contributed by atoms with E-state index in [-0.39, 0.29) is 12.4 Å². The predicted molar refractivity (Wildman–Crippen MR) is 108 cm³/mol. The number of phenolic OH excluding ortho intramolecular Hbond substituents is 1. The topological polar surface area (TPSA) is 69.5 Å². The summed E-state index contributed by atoms with van der Waals surface area (Å²) in [7, 11) is 0. The number of aliphatic hydroxyl groups excluding tert-OH is 1. The lowest BCUT2D eigenvalue weighted by atomic mass is 9.94. The van der Waals surface area contributed by atoms with Gasteiger partial charge in [0.25, 0.3) is 0 Å². The number of aryl methyl sites for hydroxylation is 1. The number of phenols is 1. The van der Waals surface area contributed by atoms with E-state index in [2.05, 4.69) is 30.0 Å². The first-order chi connectivity index (χ1) is 13.2. The lowest BCUT2D eigenvalue weighted by Gasteiger charge is -2.33. The van der Waals surface area contributed by atoms with Crippen molar-refractivity contribution in [1.82, 2.24) is 9.97 Å². The van der Waals surface area contributed by atoms with Crippen LogP contribution in [0.4, 0.5) is 5.82 Å². The molecule has 1 aromatic heterocycles. The number of nitrogens with zero attached hydrogens (tertiary/aromatic N) is 3. The Bertz CT molecular complexity index is 949. The fourth-order valence-electron chi connectivity index (χ4n) is 3.86. The van der Waals surface area contributed by atoms with Gasteiger partial charge in [0.1, 0.15) is 11.6 Å². The van der Waals surface area contributed by atoms with E-state index in [0.717, 1.165) is 54.6 Å². The van der Waals surface area contributed by atoms with Gasteiger partial charge in [0.15, 0.2) is 5.82 Å². The third-order valence-corrected chi connectivity index (χ3v) is 5.43. The second-order valence-electron chi connectivity index (χ2n) is 7.35. The minimum Gasteiger partial charge on any atom is -0.507 e. The summed E-state index contributed by atoms with van der Waals surface area (Å²) in [5.74, 6) is 2.26. The Kier molecular flexibility index (Phi) is 4.94. The summed E-state index contributed by atoms with van der Waals surface area (Å²) in [6.07, 6.45) is 2.99. The highest BCUT2D eigenvalue weighted by molar-refractivity contribution is 5.91. The van der Waals surface area contributed by atoms with Crippen LogP contribution in [0.25, 0.3) is 22.3 Å². The summed E-state index contributed by atoms with van der Waals surface area (Å²) in [5, 5.41) is 20.5. The molecule has 5 nitrogen and oxygen atoms in total. The highest BCUT2D eigenvalue weighted by Gasteiger charge is 2.23. The molecule has 0 radical (unpaired) electrons. The Labute approximate surface area is 159 Å². The summed E-state index contributed by atoms with van der Waals surface area (Å²) in [6, 6.07) is 13.5. The van der Waals surface area contributed by atoms with E-state index in [1.165, 1.54) is 0 Å². The first-order valence-corrected chi connectivity index (χ1v) is 9.58. The van der Waals surface area contributed by atoms with Crippen molar-refractivity contribution in [3.63, 3.8) is 0 Å². The Balaban J connectivity index is 1.78. The molecule has 27 heavy (non-hydrogen) atoms. The number of para-hydroxylation sites is 1. The van der Waals surface area contributed by atoms with Gasteiger partial charge in [0.2, 0.25) is 0 Å². The van der Waals surface area contributed by atoms with Gasteiger partial charge in [-0.15, -0.1) is 0 Å². The number of aromatic hydroxyl groups is 1. The molecule has 140 valence electrons. The van der Waals surface area contributed by atoms with Crippen LogP contribution in [0.5, 0.6) is 5.75 Å². The zero-order valence-electron chi connectivity index (χ0n) is 15.6. The highest BCUT2D eigenvalue weighted by Crippen LogP contribution is 2.33. The third-order valence-electron chi connectivity index (χ3n) is 5.43. The van der Waals surface area contributed by atoms with Gasteiger partial charge < -0.3 is 15.1 Å². The fourth-order valence-corrected chi connectivity index (χ4v) is 3.86. The van der Waals surface area contributed by atoms with Crippen LogP contribution in [-0.4, -0.2) is 39.9 Å². The monoisotopic (exact) mass is 363 g/mol. The average molecular weight is 363 g/mol. The molecule has 1 aliphatic rings. The first kappa shape index (κ1) is 17.7. The van der Waals surface area contributed by atoms with E-state index in [4.69, 9.17) is 9.97 Å². The third kappa shape index (κ3) is 3.60. The van der Waals surface area contributed by atoms with Crippen LogP contribution in [-0.2, 0) is 0 Å². The molecule has 2 heterocycles. The summed E-state index contributed by atoms with van der Waals surface area (Å²) in [5.41, 5.74) is 2.70. The minimum absolute atomic E-state index is 0.192. The number of rotatable bonds is 4. The van der Waals surface area contributed by atoms with Crippen molar-refractivity contribution < 1.29 is 10.2 Å². The number of piperidine rings is 1. The zero-order chi connectivity index (χ0) is 18.8. The molecule has 1 saturated heterocycles. The molecule has 1 aliphatic heterocycles. The van der Waals surface area contributed by atoms with Crippen LogP contribution in [0.15, 0.2) is 42.5 Å². The predicted octanol–water partition coefficient (Wildman–Crippen LogP) is 3.91. The van der Waals surface area contributed by atoms with Gasteiger partial charge in [-0.05, 0) is 61.9 Å². The van der Waals surface area contributed by atoms with Crippen molar-refractivity contribution >= 4 is 16.7 Å². The number of aromatic nitrogens is 2. The number of hydrogen-bond acceptors (Lipinski definition) is 5. The number of hydrogen-bond donors (Lipinski definition) is 2. The molecular weight excluding hydrogens is 338 g/mol. The molecule has 0 atom stereocenters. The molecule has 0 spiro atoms. The smallest absolute Gasteiger partial charge is 0.165 e. The summed E-state index contributed by atoms with van der Waals surface area (Å²) >= 11 is 0. The van der Waals surface area contributed by atoms with Crippen LogP contribution in [0, 0.1) is 12.8 Å². The maximum atomic E-state index is 10.3. The lowest BCUT2D eigenvalue weighted by Crippen LogP contribution is -2.34. The van der Waals surface area contributed by atoms with E-state index >= 15 is 0 Å². The van der Waals surface area contributed by atoms with E-state index in [0.29, 0.717) is 17.3 Å². The molecule has 4 rings (SSSR count). The van der Waals surface area contributed by atoms with E-state index in [1.54, 1.807) is 12.1 Å². The van der Waals surface area contributed by atoms with Crippen LogP contribution in [0.2, 0.25) is 0 Å². The van der Waals surface area contributed by atoms with Crippen molar-refractivity contribution in [2.45, 2.75) is 26.2 Å². The van der Waals surface area contributed by atoms with Crippen molar-refractivity contribution in [2.24, 2.45) is 5.92 Å². The number of fused-ring (bicyclic) bond motifs is 1. The molecular formula is C22H25N3O2. The second kappa shape index (κ2) is 7.53. The molecule has 0 amide bonds. The normalized spacial score (nSPS) is 15.4. The Hall–Kier alpha value is -2.66. The number of benzene rings is 2. The molecule has 5 heteroatoms. The van der Waals surface area contributed by atoms with Crippen LogP contribution in [0.3, 0.4) is 0 Å². The Morgan fingerprint density at radius 2 is 1.85 bits per heavy atom. The van der Waals surface area contributed by atoms with Gasteiger partial charge in [-0.3, -0.25) is 0 Å². The number of anilines is 1. The minimum atomic E-state index is 0.192. The van der Waals surface area contributed by atoms with E-state index in [9.17, 15) is 10.2 Å². The SMILES string of the molecule is Cc1ccc2c(N3CCC(CCO)CC3)nc(-c3ccccc3O)nc2c1. The molecule has 1 fully saturated rings. The van der Waals surface area contributed by atoms with Crippen molar-refractivity contribution in [1.29, 1.82) is 0 Å². The van der Waals surface area contributed by atoms with Crippen LogP contribution < -0.4 is 4.90 Å². The first-order valence-electron chi connectivity index (χ1n) is 9.58. The van der Waals surface area contributed by atoms with Crippen LogP contribution >= 0.6 is 0 Å². The maximum Gasteiger partial charge on any atom is 0.165 e. The van der Waals surface area contributed by atoms with Gasteiger partial charge in [0, 0.05) is 25.1 Å². The molecule has 0 saturated carbocycles.